The summed E-state index contributed by atoms with van der Waals surface area (Å²) >= 11 is 20.0. The Balaban J connectivity index is 0.000000286. The summed E-state index contributed by atoms with van der Waals surface area (Å²) in [6, 6.07) is 7.71. The molecule has 2 heterocycles. The van der Waals surface area contributed by atoms with Crippen molar-refractivity contribution in [3.05, 3.63) is 75.0 Å². The van der Waals surface area contributed by atoms with Crippen molar-refractivity contribution < 1.29 is 23.5 Å². The van der Waals surface area contributed by atoms with Crippen LogP contribution in [-0.4, -0.2) is 35.6 Å². The van der Waals surface area contributed by atoms with Crippen LogP contribution in [0.1, 0.15) is 61.8 Å². The number of nitrogen functional groups attached to an aromatic ring is 1. The number of methoxy groups -OCH3 is 2. The Morgan fingerprint density at radius 1 is 0.830 bits per heavy atom. The molecular weight excluding hydrogens is 713 g/mol. The molecule has 1 aliphatic heterocycles. The van der Waals surface area contributed by atoms with E-state index in [-0.39, 0.29) is 29.5 Å². The van der Waals surface area contributed by atoms with Gasteiger partial charge < -0.3 is 35.7 Å². The number of ether oxygens (including phenoxy) is 4. The van der Waals surface area contributed by atoms with Crippen LogP contribution in [0.15, 0.2) is 52.2 Å². The second kappa shape index (κ2) is 17.8. The van der Waals surface area contributed by atoms with Crippen molar-refractivity contribution in [2.75, 3.05) is 20.0 Å². The summed E-state index contributed by atoms with van der Waals surface area (Å²) in [4.78, 5) is 22.1. The molecule has 4 rings (SSSR count). The van der Waals surface area contributed by atoms with E-state index in [1.165, 1.54) is 6.20 Å². The van der Waals surface area contributed by atoms with Crippen LogP contribution in [0.25, 0.3) is 0 Å². The van der Waals surface area contributed by atoms with Crippen LogP contribution in [0.5, 0.6) is 28.7 Å². The van der Waals surface area contributed by atoms with Crippen molar-refractivity contribution in [2.24, 2.45) is 10.7 Å². The Bertz CT molecular complexity index is 1700. The largest absolute Gasteiger partial charge is 0.496 e. The molecule has 1 unspecified atom stereocenters. The molecule has 1 atom stereocenters. The molecule has 3 aromatic rings. The van der Waals surface area contributed by atoms with E-state index >= 15 is 0 Å². The molecule has 0 amide bonds. The summed E-state index contributed by atoms with van der Waals surface area (Å²) in [5, 5.41) is -0.422. The average molecular weight is 752 g/mol. The number of anilines is 1. The van der Waals surface area contributed by atoms with Gasteiger partial charge in [-0.15, -0.1) is 0 Å². The second-order valence-electron chi connectivity index (χ2n) is 10.6. The summed E-state index contributed by atoms with van der Waals surface area (Å²) in [7, 11) is 3.29. The maximum absolute atomic E-state index is 11.8. The number of hydrogen-bond acceptors (Lipinski definition) is 11. The summed E-state index contributed by atoms with van der Waals surface area (Å²) in [6.07, 6.45) is 2.95. The van der Waals surface area contributed by atoms with Gasteiger partial charge in [0.15, 0.2) is 23.2 Å². The molecule has 47 heavy (non-hydrogen) atoms. The number of H-pyrrole nitrogens is 1. The van der Waals surface area contributed by atoms with Gasteiger partial charge in [0.25, 0.3) is 5.56 Å². The first-order chi connectivity index (χ1) is 21.8. The number of aliphatic imine (C=N–C) groups is 1. The predicted molar refractivity (Wildman–Crippen MR) is 191 cm³/mol. The van der Waals surface area contributed by atoms with Crippen LogP contribution < -0.4 is 41.3 Å². The van der Waals surface area contributed by atoms with Crippen LogP contribution in [0, 0.1) is 13.8 Å². The molecule has 0 saturated heterocycles. The lowest BCUT2D eigenvalue weighted by atomic mass is 10.00. The molecule has 1 aliphatic rings. The normalized spacial score (nSPS) is 14.0. The maximum atomic E-state index is 11.8. The second-order valence-corrected chi connectivity index (χ2v) is 17.7. The van der Waals surface area contributed by atoms with Crippen molar-refractivity contribution in [3.63, 3.8) is 0 Å². The van der Waals surface area contributed by atoms with Crippen molar-refractivity contribution in [1.29, 1.82) is 0 Å². The highest BCUT2D eigenvalue weighted by atomic mass is 36.0. The van der Waals surface area contributed by atoms with Gasteiger partial charge in [0.2, 0.25) is 5.75 Å². The van der Waals surface area contributed by atoms with Crippen LogP contribution in [0.4, 0.5) is 5.95 Å². The summed E-state index contributed by atoms with van der Waals surface area (Å²) in [5.41, 5.74) is 13.9. The van der Waals surface area contributed by atoms with Crippen molar-refractivity contribution in [3.8, 4) is 28.7 Å². The molecule has 0 radical (unpaired) electrons. The molecule has 12 nitrogen and oxygen atoms in total. The Labute approximate surface area is 293 Å². The number of nitrogens with two attached hydrogens (primary N) is 2. The van der Waals surface area contributed by atoms with E-state index in [2.05, 4.69) is 67.8 Å². The standard InChI is InChI=1S/C15H20ClN3O2.C15H19N3O3.Cl3OP/c1-8(2)10-6-11(20-4)9(3)5-12(10)21-13-7-18-15(17)19-14(13)16;1-8(2)10-6-11(20-4)9(3)5-12(10)21-13-7-17-15(16)18-14(13)19;1-5(2,3)4/h5-8,14H,1-4H3,(H3,17,18,19);5-8H,1-4H3,(H3,16,17,18,19);. The zero-order valence-corrected chi connectivity index (χ0v) is 31.1. The van der Waals surface area contributed by atoms with E-state index in [1.54, 1.807) is 20.4 Å². The lowest BCUT2D eigenvalue weighted by Crippen LogP contribution is -2.33. The highest BCUT2D eigenvalue weighted by Gasteiger charge is 2.20. The summed E-state index contributed by atoms with van der Waals surface area (Å²) in [6.45, 7) is 12.2. The molecule has 0 saturated carbocycles. The van der Waals surface area contributed by atoms with Crippen LogP contribution in [0.2, 0.25) is 0 Å². The van der Waals surface area contributed by atoms with Crippen LogP contribution >= 0.6 is 50.5 Å². The van der Waals surface area contributed by atoms with Gasteiger partial charge in [-0.1, -0.05) is 39.3 Å². The number of aromatic amines is 1. The molecule has 0 fully saturated rings. The van der Waals surface area contributed by atoms with Gasteiger partial charge in [-0.05, 0) is 94.8 Å². The molecule has 6 N–H and O–H groups in total. The third kappa shape index (κ3) is 12.7. The minimum Gasteiger partial charge on any atom is -0.496 e. The number of halogens is 4. The Hall–Kier alpha value is -3.28. The van der Waals surface area contributed by atoms with E-state index in [1.807, 2.05) is 52.0 Å². The molecule has 2 aromatic carbocycles. The van der Waals surface area contributed by atoms with Crippen LogP contribution in [0.3, 0.4) is 0 Å². The third-order valence-electron chi connectivity index (χ3n) is 6.38. The SMILES string of the molecule is COc1cc(C(C)C)c(OC2=CNC(N)=NC2Cl)cc1C.COc1cc(C(C)C)c(Oc2cnc(N)[nH]c2=O)cc1C.O=P(Cl)(Cl)Cl. The van der Waals surface area contributed by atoms with Gasteiger partial charge in [-0.25, -0.2) is 9.98 Å². The topological polar surface area (TPSA) is 176 Å². The number of benzene rings is 2. The van der Waals surface area contributed by atoms with Gasteiger partial charge in [0, 0.05) is 17.3 Å². The maximum Gasteiger partial charge on any atom is 0.339 e. The Kier molecular flexibility index (Phi) is 15.1. The summed E-state index contributed by atoms with van der Waals surface area (Å²) in [5.74, 6) is 4.44. The first-order valence-electron chi connectivity index (χ1n) is 14.0. The number of rotatable bonds is 8. The number of hydrogen-bond donors (Lipinski definition) is 4. The number of alkyl halides is 1. The summed E-state index contributed by atoms with van der Waals surface area (Å²) < 4.78 is 31.9. The number of nitrogens with one attached hydrogen (secondary N) is 2. The van der Waals surface area contributed by atoms with Crippen LogP contribution in [-0.2, 0) is 4.57 Å². The number of aryl methyl sites for hydroxylation is 2. The smallest absolute Gasteiger partial charge is 0.339 e. The predicted octanol–water partition coefficient (Wildman–Crippen LogP) is 8.23. The van der Waals surface area contributed by atoms with E-state index in [4.69, 9.17) is 42.0 Å². The molecule has 17 heteroatoms. The van der Waals surface area contributed by atoms with Crippen molar-refractivity contribution >= 4 is 62.4 Å². The lowest BCUT2D eigenvalue weighted by Gasteiger charge is -2.21. The third-order valence-corrected chi connectivity index (χ3v) is 6.69. The fraction of sp³-hybridized carbons (Fsp3) is 0.367. The average Bonchev–Trinajstić information content (AvgIpc) is 2.95. The Morgan fingerprint density at radius 2 is 1.30 bits per heavy atom. The zero-order valence-electron chi connectivity index (χ0n) is 27.2. The fourth-order valence-electron chi connectivity index (χ4n) is 4.10. The van der Waals surface area contributed by atoms with Gasteiger partial charge in [0.05, 0.1) is 20.4 Å². The molecule has 1 aromatic heterocycles. The van der Waals surface area contributed by atoms with Gasteiger partial charge in [-0.3, -0.25) is 14.3 Å². The molecule has 0 spiro atoms. The van der Waals surface area contributed by atoms with E-state index in [9.17, 15) is 9.36 Å². The van der Waals surface area contributed by atoms with Crippen molar-refractivity contribution in [1.82, 2.24) is 15.3 Å². The van der Waals surface area contributed by atoms with Gasteiger partial charge in [-0.2, -0.15) is 0 Å². The Morgan fingerprint density at radius 3 is 1.70 bits per heavy atom. The highest BCUT2D eigenvalue weighted by molar-refractivity contribution is 8.24. The minimum atomic E-state index is -3.22. The molecule has 258 valence electrons. The first kappa shape index (κ1) is 39.9. The number of aromatic nitrogens is 2. The van der Waals surface area contributed by atoms with Gasteiger partial charge >= 0.3 is 5.20 Å². The molecule has 0 aliphatic carbocycles. The lowest BCUT2D eigenvalue weighted by molar-refractivity contribution is 0.388. The van der Waals surface area contributed by atoms with Gasteiger partial charge in [0.1, 0.15) is 23.0 Å². The van der Waals surface area contributed by atoms with E-state index in [0.717, 1.165) is 39.5 Å². The van der Waals surface area contributed by atoms with Crippen molar-refractivity contribution in [2.45, 2.75) is 58.9 Å². The molecule has 0 bridgehead atoms. The minimum absolute atomic E-state index is 0.0577. The highest BCUT2D eigenvalue weighted by Crippen LogP contribution is 2.61. The fourth-order valence-corrected chi connectivity index (χ4v) is 4.32. The number of nitrogens with zero attached hydrogens (tertiary/aromatic N) is 2. The quantitative estimate of drug-likeness (QED) is 0.0996. The molecular formula is C30H39Cl4N6O6P. The zero-order chi connectivity index (χ0) is 35.6. The van der Waals surface area contributed by atoms with E-state index in [0.29, 0.717) is 11.5 Å². The monoisotopic (exact) mass is 750 g/mol. The number of guanidine groups is 1. The first-order valence-corrected chi connectivity index (χ1v) is 18.9. The van der Waals surface area contributed by atoms with E-state index < -0.39 is 16.3 Å².